The first-order valence-electron chi connectivity index (χ1n) is 8.49. The lowest BCUT2D eigenvalue weighted by Crippen LogP contribution is -2.35. The van der Waals surface area contributed by atoms with E-state index in [2.05, 4.69) is 15.4 Å². The number of carbonyl (C=O) groups is 2. The Morgan fingerprint density at radius 2 is 2.07 bits per heavy atom. The molecule has 0 bridgehead atoms. The molecule has 2 aromatic heterocycles. The largest absolute Gasteiger partial charge is 0.451 e. The zero-order chi connectivity index (χ0) is 19.4. The van der Waals surface area contributed by atoms with Gasteiger partial charge in [0.25, 0.3) is 11.8 Å². The number of amides is 2. The van der Waals surface area contributed by atoms with E-state index in [1.165, 1.54) is 11.2 Å². The summed E-state index contributed by atoms with van der Waals surface area (Å²) in [5.74, 6) is 0.384. The Balaban J connectivity index is 1.71. The third-order valence-corrected chi connectivity index (χ3v) is 3.94. The zero-order valence-electron chi connectivity index (χ0n) is 15.4. The first-order chi connectivity index (χ1) is 12.9. The van der Waals surface area contributed by atoms with E-state index < -0.39 is 0 Å². The van der Waals surface area contributed by atoms with Gasteiger partial charge in [0.15, 0.2) is 5.76 Å². The van der Waals surface area contributed by atoms with Crippen LogP contribution in [0.25, 0.3) is 11.3 Å². The molecule has 0 fully saturated rings. The minimum Gasteiger partial charge on any atom is -0.451 e. The highest BCUT2D eigenvalue weighted by atomic mass is 16.4. The molecule has 27 heavy (non-hydrogen) atoms. The lowest BCUT2D eigenvalue weighted by atomic mass is 10.1. The number of nitrogens with zero attached hydrogens (tertiary/aromatic N) is 4. The highest BCUT2D eigenvalue weighted by molar-refractivity contribution is 5.95. The van der Waals surface area contributed by atoms with Gasteiger partial charge in [-0.3, -0.25) is 14.3 Å². The van der Waals surface area contributed by atoms with Crippen molar-refractivity contribution >= 4 is 11.8 Å². The average Bonchev–Trinajstić information content (AvgIpc) is 3.32. The van der Waals surface area contributed by atoms with Crippen LogP contribution in [0.3, 0.4) is 0 Å². The maximum Gasteiger partial charge on any atom is 0.289 e. The third-order valence-electron chi connectivity index (χ3n) is 3.94. The third kappa shape index (κ3) is 4.41. The van der Waals surface area contributed by atoms with Crippen molar-refractivity contribution in [3.63, 3.8) is 0 Å². The molecule has 0 spiro atoms. The van der Waals surface area contributed by atoms with Crippen molar-refractivity contribution in [3.05, 3.63) is 60.4 Å². The Hall–Kier alpha value is -3.42. The minimum absolute atomic E-state index is 0.115. The van der Waals surface area contributed by atoms with Gasteiger partial charge in [-0.15, -0.1) is 0 Å². The predicted octanol–water partition coefficient (Wildman–Crippen LogP) is 2.06. The van der Waals surface area contributed by atoms with Gasteiger partial charge in [0.1, 0.15) is 18.4 Å². The molecular formula is C19H21N5O3. The lowest BCUT2D eigenvalue weighted by molar-refractivity contribution is 0.0797. The fourth-order valence-electron chi connectivity index (χ4n) is 2.60. The van der Waals surface area contributed by atoms with Gasteiger partial charge in [0.2, 0.25) is 0 Å². The standard InChI is InChI=1S/C19H21N5O3/c1-13(10-24-12-20-11-21-24)22-18(25)15-6-4-5-14(9-15)16-7-8-17(27-16)19(26)23(2)3/h4-9,11-13H,10H2,1-3H3,(H,22,25). The van der Waals surface area contributed by atoms with Gasteiger partial charge in [0, 0.05) is 31.3 Å². The molecule has 1 N–H and O–H groups in total. The van der Waals surface area contributed by atoms with Crippen LogP contribution in [0.5, 0.6) is 0 Å². The summed E-state index contributed by atoms with van der Waals surface area (Å²) in [6, 6.07) is 10.3. The van der Waals surface area contributed by atoms with Crippen LogP contribution in [0.1, 0.15) is 27.8 Å². The highest BCUT2D eigenvalue weighted by Crippen LogP contribution is 2.23. The SMILES string of the molecule is CC(Cn1cncn1)NC(=O)c1cccc(-c2ccc(C(=O)N(C)C)o2)c1. The van der Waals surface area contributed by atoms with E-state index in [1.54, 1.807) is 55.4 Å². The van der Waals surface area contributed by atoms with Crippen LogP contribution in [-0.2, 0) is 6.54 Å². The van der Waals surface area contributed by atoms with E-state index in [9.17, 15) is 9.59 Å². The smallest absolute Gasteiger partial charge is 0.289 e. The van der Waals surface area contributed by atoms with Crippen molar-refractivity contribution in [2.24, 2.45) is 0 Å². The Kier molecular flexibility index (Phi) is 5.35. The first-order valence-corrected chi connectivity index (χ1v) is 8.49. The fraction of sp³-hybridized carbons (Fsp3) is 0.263. The normalized spacial score (nSPS) is 11.8. The fourth-order valence-corrected chi connectivity index (χ4v) is 2.60. The van der Waals surface area contributed by atoms with Crippen LogP contribution in [0.15, 0.2) is 53.5 Å². The number of furan rings is 1. The Morgan fingerprint density at radius 3 is 2.78 bits per heavy atom. The zero-order valence-corrected chi connectivity index (χ0v) is 15.4. The van der Waals surface area contributed by atoms with E-state index >= 15 is 0 Å². The van der Waals surface area contributed by atoms with Gasteiger partial charge >= 0.3 is 0 Å². The molecule has 3 rings (SSSR count). The number of aromatic nitrogens is 3. The van der Waals surface area contributed by atoms with Gasteiger partial charge in [0.05, 0.1) is 6.54 Å². The second-order valence-electron chi connectivity index (χ2n) is 6.44. The van der Waals surface area contributed by atoms with E-state index in [0.717, 1.165) is 5.56 Å². The van der Waals surface area contributed by atoms with Crippen LogP contribution < -0.4 is 5.32 Å². The number of hydrogen-bond donors (Lipinski definition) is 1. The lowest BCUT2D eigenvalue weighted by Gasteiger charge is -2.14. The molecular weight excluding hydrogens is 346 g/mol. The van der Waals surface area contributed by atoms with E-state index in [1.807, 2.05) is 13.0 Å². The molecule has 140 valence electrons. The quantitative estimate of drug-likeness (QED) is 0.720. The van der Waals surface area contributed by atoms with Crippen LogP contribution in [0.4, 0.5) is 0 Å². The van der Waals surface area contributed by atoms with Crippen molar-refractivity contribution in [2.75, 3.05) is 14.1 Å². The molecule has 1 unspecified atom stereocenters. The molecule has 1 aromatic carbocycles. The Labute approximate surface area is 156 Å². The molecule has 8 heteroatoms. The topological polar surface area (TPSA) is 93.3 Å². The van der Waals surface area contributed by atoms with Gasteiger partial charge in [-0.1, -0.05) is 12.1 Å². The van der Waals surface area contributed by atoms with Crippen molar-refractivity contribution in [3.8, 4) is 11.3 Å². The minimum atomic E-state index is -0.211. The summed E-state index contributed by atoms with van der Waals surface area (Å²) in [6.07, 6.45) is 3.06. The molecule has 2 amide bonds. The molecule has 3 aromatic rings. The molecule has 2 heterocycles. The molecule has 0 aliphatic rings. The van der Waals surface area contributed by atoms with E-state index in [-0.39, 0.29) is 23.6 Å². The molecule has 0 saturated heterocycles. The molecule has 0 aliphatic heterocycles. The van der Waals surface area contributed by atoms with Crippen LogP contribution in [0.2, 0.25) is 0 Å². The van der Waals surface area contributed by atoms with Crippen LogP contribution in [0, 0.1) is 0 Å². The van der Waals surface area contributed by atoms with Gasteiger partial charge in [-0.2, -0.15) is 5.10 Å². The predicted molar refractivity (Wildman–Crippen MR) is 99.1 cm³/mol. The number of nitrogens with one attached hydrogen (secondary N) is 1. The second kappa shape index (κ2) is 7.86. The van der Waals surface area contributed by atoms with Gasteiger partial charge in [-0.05, 0) is 31.2 Å². The molecule has 8 nitrogen and oxygen atoms in total. The Bertz CT molecular complexity index is 930. The van der Waals surface area contributed by atoms with Gasteiger partial charge < -0.3 is 14.6 Å². The second-order valence-corrected chi connectivity index (χ2v) is 6.44. The number of hydrogen-bond acceptors (Lipinski definition) is 5. The molecule has 0 radical (unpaired) electrons. The van der Waals surface area contributed by atoms with Crippen molar-refractivity contribution in [1.29, 1.82) is 0 Å². The van der Waals surface area contributed by atoms with Gasteiger partial charge in [-0.25, -0.2) is 4.98 Å². The number of benzene rings is 1. The summed E-state index contributed by atoms with van der Waals surface area (Å²) in [5, 5.41) is 6.96. The first kappa shape index (κ1) is 18.4. The summed E-state index contributed by atoms with van der Waals surface area (Å²) in [5.41, 5.74) is 1.24. The summed E-state index contributed by atoms with van der Waals surface area (Å²) < 4.78 is 7.30. The van der Waals surface area contributed by atoms with Crippen molar-refractivity contribution < 1.29 is 14.0 Å². The molecule has 1 atom stereocenters. The van der Waals surface area contributed by atoms with E-state index in [0.29, 0.717) is 17.9 Å². The summed E-state index contributed by atoms with van der Waals surface area (Å²) in [7, 11) is 3.33. The van der Waals surface area contributed by atoms with Crippen molar-refractivity contribution in [2.45, 2.75) is 19.5 Å². The van der Waals surface area contributed by atoms with E-state index in [4.69, 9.17) is 4.42 Å². The summed E-state index contributed by atoms with van der Waals surface area (Å²) in [4.78, 5) is 29.8. The number of rotatable bonds is 6. The monoisotopic (exact) mass is 367 g/mol. The maximum absolute atomic E-state index is 12.5. The Morgan fingerprint density at radius 1 is 1.26 bits per heavy atom. The number of carbonyl (C=O) groups excluding carboxylic acids is 2. The van der Waals surface area contributed by atoms with Crippen LogP contribution >= 0.6 is 0 Å². The van der Waals surface area contributed by atoms with Crippen LogP contribution in [-0.4, -0.2) is 51.6 Å². The summed E-state index contributed by atoms with van der Waals surface area (Å²) in [6.45, 7) is 2.43. The average molecular weight is 367 g/mol. The molecule has 0 saturated carbocycles. The summed E-state index contributed by atoms with van der Waals surface area (Å²) >= 11 is 0. The molecule has 0 aliphatic carbocycles. The van der Waals surface area contributed by atoms with Crippen molar-refractivity contribution in [1.82, 2.24) is 25.0 Å². The maximum atomic E-state index is 12.5. The highest BCUT2D eigenvalue weighted by Gasteiger charge is 2.15.